The number of amides is 1. The van der Waals surface area contributed by atoms with Crippen LogP contribution < -0.4 is 4.72 Å². The first-order valence-corrected chi connectivity index (χ1v) is 9.75. The smallest absolute Gasteiger partial charge is 0.240 e. The second-order valence-electron chi connectivity index (χ2n) is 5.48. The van der Waals surface area contributed by atoms with Gasteiger partial charge < -0.3 is 4.90 Å². The van der Waals surface area contributed by atoms with E-state index in [2.05, 4.69) is 4.72 Å². The number of hydrogen-bond donors (Lipinski definition) is 1. The van der Waals surface area contributed by atoms with Gasteiger partial charge in [-0.05, 0) is 35.9 Å². The Hall–Kier alpha value is -1.60. The van der Waals surface area contributed by atoms with Gasteiger partial charge in [-0.25, -0.2) is 13.1 Å². The molecule has 0 unspecified atom stereocenters. The fraction of sp³-hybridized carbons (Fsp3) is 0.235. The molecule has 0 aromatic heterocycles. The maximum absolute atomic E-state index is 12.2. The van der Waals surface area contributed by atoms with Crippen LogP contribution in [0.5, 0.6) is 0 Å². The molecule has 0 saturated carbocycles. The van der Waals surface area contributed by atoms with E-state index in [1.807, 2.05) is 12.1 Å². The van der Waals surface area contributed by atoms with Crippen LogP contribution in [0.2, 0.25) is 10.0 Å². The zero-order valence-corrected chi connectivity index (χ0v) is 15.9. The van der Waals surface area contributed by atoms with E-state index in [1.54, 1.807) is 31.3 Å². The van der Waals surface area contributed by atoms with E-state index in [1.165, 1.54) is 17.0 Å². The molecule has 0 bridgehead atoms. The van der Waals surface area contributed by atoms with Crippen molar-refractivity contribution in [3.8, 4) is 0 Å². The summed E-state index contributed by atoms with van der Waals surface area (Å²) < 4.78 is 26.7. The quantitative estimate of drug-likeness (QED) is 0.774. The molecule has 0 atom stereocenters. The molecular formula is C17H18Cl2N2O3S. The van der Waals surface area contributed by atoms with Crippen molar-refractivity contribution < 1.29 is 13.2 Å². The Morgan fingerprint density at radius 3 is 2.40 bits per heavy atom. The summed E-state index contributed by atoms with van der Waals surface area (Å²) in [7, 11) is -2.02. The van der Waals surface area contributed by atoms with Crippen molar-refractivity contribution in [2.45, 2.75) is 17.9 Å². The average molecular weight is 401 g/mol. The van der Waals surface area contributed by atoms with Crippen LogP contribution in [-0.4, -0.2) is 32.8 Å². The van der Waals surface area contributed by atoms with E-state index in [4.69, 9.17) is 23.2 Å². The molecule has 0 saturated heterocycles. The Balaban J connectivity index is 1.86. The molecule has 0 aliphatic rings. The van der Waals surface area contributed by atoms with Gasteiger partial charge in [0.2, 0.25) is 15.9 Å². The number of hydrogen-bond acceptors (Lipinski definition) is 3. The molecule has 0 radical (unpaired) electrons. The van der Waals surface area contributed by atoms with Gasteiger partial charge in [-0.15, -0.1) is 0 Å². The van der Waals surface area contributed by atoms with Gasteiger partial charge in [0.15, 0.2) is 0 Å². The van der Waals surface area contributed by atoms with Crippen LogP contribution in [0.4, 0.5) is 0 Å². The molecule has 1 N–H and O–H groups in total. The number of benzene rings is 2. The molecule has 0 fully saturated rings. The largest absolute Gasteiger partial charge is 0.341 e. The first-order valence-electron chi connectivity index (χ1n) is 7.51. The predicted molar refractivity (Wildman–Crippen MR) is 99.2 cm³/mol. The van der Waals surface area contributed by atoms with Crippen LogP contribution >= 0.6 is 23.2 Å². The van der Waals surface area contributed by atoms with Crippen molar-refractivity contribution in [2.75, 3.05) is 13.6 Å². The van der Waals surface area contributed by atoms with Gasteiger partial charge in [-0.2, -0.15) is 0 Å². The third-order valence-corrected chi connectivity index (χ3v) is 5.44. The summed E-state index contributed by atoms with van der Waals surface area (Å²) in [5, 5.41) is 0.967. The van der Waals surface area contributed by atoms with Crippen LogP contribution in [-0.2, 0) is 21.4 Å². The number of nitrogens with zero attached hydrogens (tertiary/aromatic N) is 1. The van der Waals surface area contributed by atoms with Crippen molar-refractivity contribution in [2.24, 2.45) is 0 Å². The van der Waals surface area contributed by atoms with Gasteiger partial charge >= 0.3 is 0 Å². The van der Waals surface area contributed by atoms with Gasteiger partial charge in [-0.1, -0.05) is 41.4 Å². The lowest BCUT2D eigenvalue weighted by molar-refractivity contribution is -0.130. The minimum absolute atomic E-state index is 0.0125. The van der Waals surface area contributed by atoms with Gasteiger partial charge in [0.25, 0.3) is 0 Å². The summed E-state index contributed by atoms with van der Waals surface area (Å²) in [5.41, 5.74) is 0.944. The van der Waals surface area contributed by atoms with Crippen molar-refractivity contribution in [3.05, 3.63) is 64.1 Å². The topological polar surface area (TPSA) is 66.5 Å². The zero-order chi connectivity index (χ0) is 18.4. The van der Waals surface area contributed by atoms with Gasteiger partial charge in [0, 0.05) is 36.6 Å². The maximum Gasteiger partial charge on any atom is 0.240 e. The number of carbonyl (C=O) groups excluding carboxylic acids is 1. The zero-order valence-electron chi connectivity index (χ0n) is 13.6. The minimum atomic E-state index is -3.69. The fourth-order valence-electron chi connectivity index (χ4n) is 2.15. The molecule has 25 heavy (non-hydrogen) atoms. The Morgan fingerprint density at radius 2 is 1.76 bits per heavy atom. The molecule has 5 nitrogen and oxygen atoms in total. The number of nitrogens with one attached hydrogen (secondary N) is 1. The first-order chi connectivity index (χ1) is 11.8. The van der Waals surface area contributed by atoms with Crippen LogP contribution in [0, 0.1) is 0 Å². The lowest BCUT2D eigenvalue weighted by Crippen LogP contribution is -2.31. The summed E-state index contributed by atoms with van der Waals surface area (Å²) in [5.74, 6) is -0.163. The van der Waals surface area contributed by atoms with Gasteiger partial charge in [0.1, 0.15) is 0 Å². The molecule has 0 aliphatic heterocycles. The van der Waals surface area contributed by atoms with Crippen molar-refractivity contribution in [1.29, 1.82) is 0 Å². The fourth-order valence-corrected chi connectivity index (χ4v) is 3.61. The maximum atomic E-state index is 12.2. The third kappa shape index (κ3) is 6.01. The standard InChI is InChI=1S/C17H18Cl2N2O3S/c1-21(12-13-5-7-14(18)8-6-13)17(22)9-10-20-25(23,24)16-4-2-3-15(19)11-16/h2-8,11,20H,9-10,12H2,1H3. The summed E-state index contributed by atoms with van der Waals surface area (Å²) in [4.78, 5) is 13.7. The molecule has 1 amide bonds. The lowest BCUT2D eigenvalue weighted by atomic mass is 10.2. The second-order valence-corrected chi connectivity index (χ2v) is 8.12. The number of carbonyl (C=O) groups is 1. The van der Waals surface area contributed by atoms with Crippen LogP contribution in [0.3, 0.4) is 0 Å². The Kier molecular flexibility index (Phi) is 6.84. The van der Waals surface area contributed by atoms with Crippen LogP contribution in [0.25, 0.3) is 0 Å². The molecule has 0 spiro atoms. The van der Waals surface area contributed by atoms with Crippen molar-refractivity contribution in [3.63, 3.8) is 0 Å². The van der Waals surface area contributed by atoms with E-state index in [0.717, 1.165) is 5.56 Å². The molecule has 134 valence electrons. The van der Waals surface area contributed by atoms with Gasteiger partial charge in [-0.3, -0.25) is 4.79 Å². The van der Waals surface area contributed by atoms with E-state index in [0.29, 0.717) is 16.6 Å². The highest BCUT2D eigenvalue weighted by Crippen LogP contribution is 2.15. The monoisotopic (exact) mass is 400 g/mol. The van der Waals surface area contributed by atoms with Crippen LogP contribution in [0.15, 0.2) is 53.4 Å². The highest BCUT2D eigenvalue weighted by atomic mass is 35.5. The molecule has 0 heterocycles. The summed E-state index contributed by atoms with van der Waals surface area (Å²) in [6.07, 6.45) is 0.0594. The van der Waals surface area contributed by atoms with E-state index in [-0.39, 0.29) is 23.8 Å². The second kappa shape index (κ2) is 8.67. The summed E-state index contributed by atoms with van der Waals surface area (Å²) >= 11 is 11.6. The highest BCUT2D eigenvalue weighted by Gasteiger charge is 2.15. The van der Waals surface area contributed by atoms with Gasteiger partial charge in [0.05, 0.1) is 4.90 Å². The Bertz CT molecular complexity index is 839. The summed E-state index contributed by atoms with van der Waals surface area (Å²) in [6, 6.07) is 13.2. The normalized spacial score (nSPS) is 11.3. The number of rotatable bonds is 7. The molecule has 2 aromatic rings. The molecule has 2 rings (SSSR count). The number of sulfonamides is 1. The highest BCUT2D eigenvalue weighted by molar-refractivity contribution is 7.89. The lowest BCUT2D eigenvalue weighted by Gasteiger charge is -2.17. The summed E-state index contributed by atoms with van der Waals surface area (Å²) in [6.45, 7) is 0.440. The first kappa shape index (κ1) is 19.7. The SMILES string of the molecule is CN(Cc1ccc(Cl)cc1)C(=O)CCNS(=O)(=O)c1cccc(Cl)c1. The Labute approximate surface area is 157 Å². The van der Waals surface area contributed by atoms with E-state index >= 15 is 0 Å². The third-order valence-electron chi connectivity index (χ3n) is 3.50. The number of halogens is 2. The van der Waals surface area contributed by atoms with E-state index < -0.39 is 10.0 Å². The molecular weight excluding hydrogens is 383 g/mol. The van der Waals surface area contributed by atoms with Crippen LogP contribution in [0.1, 0.15) is 12.0 Å². The Morgan fingerprint density at radius 1 is 1.08 bits per heavy atom. The van der Waals surface area contributed by atoms with E-state index in [9.17, 15) is 13.2 Å². The average Bonchev–Trinajstić information content (AvgIpc) is 2.56. The molecule has 0 aliphatic carbocycles. The van der Waals surface area contributed by atoms with Crippen molar-refractivity contribution >= 4 is 39.1 Å². The molecule has 8 heteroatoms. The molecule has 2 aromatic carbocycles. The minimum Gasteiger partial charge on any atom is -0.341 e. The predicted octanol–water partition coefficient (Wildman–Crippen LogP) is 3.32. The van der Waals surface area contributed by atoms with Crippen molar-refractivity contribution in [1.82, 2.24) is 9.62 Å².